The maximum Gasteiger partial charge on any atom is 0.245 e. The summed E-state index contributed by atoms with van der Waals surface area (Å²) < 4.78 is 5.19. The Bertz CT molecular complexity index is 1320. The van der Waals surface area contributed by atoms with Gasteiger partial charge in [-0.3, -0.25) is 24.0 Å². The predicted octanol–water partition coefficient (Wildman–Crippen LogP) is 0.629. The molecule has 45 heavy (non-hydrogen) atoms. The van der Waals surface area contributed by atoms with E-state index in [4.69, 9.17) is 10.5 Å². The van der Waals surface area contributed by atoms with E-state index < -0.39 is 53.7 Å². The molecule has 12 heteroatoms. The molecule has 2 aromatic rings. The lowest BCUT2D eigenvalue weighted by Crippen LogP contribution is -2.57. The fraction of sp³-hybridized carbons (Fsp3) is 0.485. The molecule has 1 heterocycles. The van der Waals surface area contributed by atoms with E-state index >= 15 is 0 Å². The Morgan fingerprint density at radius 2 is 1.62 bits per heavy atom. The molecular weight excluding hydrogens is 576 g/mol. The lowest BCUT2D eigenvalue weighted by atomic mass is 10.0. The number of likely N-dealkylation sites (N-methyl/N-ethyl adjacent to an activating group) is 1. The zero-order chi connectivity index (χ0) is 33.1. The molecule has 244 valence electrons. The van der Waals surface area contributed by atoms with E-state index in [1.807, 2.05) is 56.3 Å². The van der Waals surface area contributed by atoms with E-state index in [0.29, 0.717) is 12.2 Å². The van der Waals surface area contributed by atoms with Crippen molar-refractivity contribution in [3.8, 4) is 5.75 Å². The molecular formula is C33H46N6O6. The van der Waals surface area contributed by atoms with Crippen molar-refractivity contribution < 1.29 is 28.7 Å². The van der Waals surface area contributed by atoms with Crippen LogP contribution in [-0.4, -0.2) is 97.3 Å². The van der Waals surface area contributed by atoms with Gasteiger partial charge in [0.1, 0.15) is 23.9 Å². The van der Waals surface area contributed by atoms with E-state index in [9.17, 15) is 24.0 Å². The van der Waals surface area contributed by atoms with E-state index in [1.165, 1.54) is 16.8 Å². The first-order valence-electron chi connectivity index (χ1n) is 15.2. The van der Waals surface area contributed by atoms with E-state index in [-0.39, 0.29) is 38.4 Å². The molecule has 0 spiro atoms. The zero-order valence-electron chi connectivity index (χ0n) is 26.7. The molecule has 0 radical (unpaired) electrons. The topological polar surface area (TPSA) is 163 Å². The first kappa shape index (κ1) is 35.0. The van der Waals surface area contributed by atoms with Crippen molar-refractivity contribution in [2.75, 3.05) is 33.8 Å². The van der Waals surface area contributed by atoms with Crippen LogP contribution in [0.3, 0.4) is 0 Å². The number of benzene rings is 2. The Kier molecular flexibility index (Phi) is 12.9. The Morgan fingerprint density at radius 3 is 2.24 bits per heavy atom. The second-order valence-corrected chi connectivity index (χ2v) is 11.8. The van der Waals surface area contributed by atoms with Gasteiger partial charge in [0.15, 0.2) is 0 Å². The molecule has 2 aromatic carbocycles. The highest BCUT2D eigenvalue weighted by molar-refractivity contribution is 5.95. The molecule has 0 aromatic heterocycles. The average molecular weight is 623 g/mol. The standard InChI is InChI=1S/C33H46N6O6/c1-21(2)17-28-33(44)38(4)22(3)30(41)37-27(19-23-9-7-6-8-10-23)31(42)35-15-16-39(20-29(40)36-28)32(43)26(34)18-24-11-13-25(45-5)14-12-24/h6-14,21-22,26-28H,15-20,34H2,1-5H3,(H,35,42)(H,36,40)(H,37,41)/t22-,26-,27-,28-/m0/s1. The van der Waals surface area contributed by atoms with E-state index in [1.54, 1.807) is 26.2 Å². The number of carbonyl (C=O) groups excluding carboxylic acids is 5. The van der Waals surface area contributed by atoms with Gasteiger partial charge in [0.2, 0.25) is 29.5 Å². The molecule has 0 aliphatic carbocycles. The minimum Gasteiger partial charge on any atom is -0.497 e. The minimum atomic E-state index is -0.964. The Morgan fingerprint density at radius 1 is 0.956 bits per heavy atom. The summed E-state index contributed by atoms with van der Waals surface area (Å²) in [5.41, 5.74) is 7.97. The predicted molar refractivity (Wildman–Crippen MR) is 170 cm³/mol. The fourth-order valence-electron chi connectivity index (χ4n) is 5.11. The molecule has 1 aliphatic rings. The van der Waals surface area contributed by atoms with Gasteiger partial charge in [0.25, 0.3) is 0 Å². The maximum atomic E-state index is 13.6. The highest BCUT2D eigenvalue weighted by atomic mass is 16.5. The SMILES string of the molecule is COc1ccc(C[C@H](N)C(=O)N2CCNC(=O)[C@H](Cc3ccccc3)NC(=O)[C@H](C)N(C)C(=O)[C@H](CC(C)C)NC(=O)C2)cc1. The largest absolute Gasteiger partial charge is 0.497 e. The van der Waals surface area contributed by atoms with Crippen molar-refractivity contribution in [2.45, 2.75) is 64.2 Å². The van der Waals surface area contributed by atoms with Crippen molar-refractivity contribution >= 4 is 29.5 Å². The quantitative estimate of drug-likeness (QED) is 0.336. The third-order valence-electron chi connectivity index (χ3n) is 7.82. The average Bonchev–Trinajstić information content (AvgIpc) is 3.02. The van der Waals surface area contributed by atoms with Gasteiger partial charge in [-0.2, -0.15) is 0 Å². The summed E-state index contributed by atoms with van der Waals surface area (Å²) in [6.07, 6.45) is 0.759. The van der Waals surface area contributed by atoms with Crippen LogP contribution in [0.5, 0.6) is 5.75 Å². The molecule has 5 N–H and O–H groups in total. The lowest BCUT2D eigenvalue weighted by molar-refractivity contribution is -0.142. The fourth-order valence-corrected chi connectivity index (χ4v) is 5.11. The summed E-state index contributed by atoms with van der Waals surface area (Å²) in [5.74, 6) is -1.73. The van der Waals surface area contributed by atoms with Crippen LogP contribution in [0.1, 0.15) is 38.3 Å². The first-order valence-corrected chi connectivity index (χ1v) is 15.2. The monoisotopic (exact) mass is 622 g/mol. The highest BCUT2D eigenvalue weighted by Gasteiger charge is 2.33. The van der Waals surface area contributed by atoms with Crippen molar-refractivity contribution in [1.29, 1.82) is 0 Å². The van der Waals surface area contributed by atoms with Crippen LogP contribution >= 0.6 is 0 Å². The summed E-state index contributed by atoms with van der Waals surface area (Å²) in [5, 5.41) is 8.37. The molecule has 0 saturated carbocycles. The van der Waals surface area contributed by atoms with Gasteiger partial charge in [-0.15, -0.1) is 0 Å². The number of nitrogens with two attached hydrogens (primary N) is 1. The molecule has 0 bridgehead atoms. The van der Waals surface area contributed by atoms with Crippen LogP contribution in [0.4, 0.5) is 0 Å². The molecule has 3 rings (SSSR count). The molecule has 0 unspecified atom stereocenters. The van der Waals surface area contributed by atoms with Crippen molar-refractivity contribution in [1.82, 2.24) is 25.8 Å². The summed E-state index contributed by atoms with van der Waals surface area (Å²) in [7, 11) is 3.05. The second-order valence-electron chi connectivity index (χ2n) is 11.8. The molecule has 1 aliphatic heterocycles. The van der Waals surface area contributed by atoms with Crippen molar-refractivity contribution in [2.24, 2.45) is 11.7 Å². The van der Waals surface area contributed by atoms with Crippen LogP contribution in [0.15, 0.2) is 54.6 Å². The number of hydrogen-bond acceptors (Lipinski definition) is 7. The molecule has 5 amide bonds. The number of nitrogens with zero attached hydrogens (tertiary/aromatic N) is 2. The summed E-state index contributed by atoms with van der Waals surface area (Å²) >= 11 is 0. The third kappa shape index (κ3) is 10.3. The third-order valence-corrected chi connectivity index (χ3v) is 7.82. The van der Waals surface area contributed by atoms with Crippen LogP contribution in [0.2, 0.25) is 0 Å². The number of amides is 5. The van der Waals surface area contributed by atoms with Gasteiger partial charge in [-0.1, -0.05) is 56.3 Å². The van der Waals surface area contributed by atoms with Gasteiger partial charge in [0, 0.05) is 26.6 Å². The van der Waals surface area contributed by atoms with Gasteiger partial charge < -0.3 is 36.2 Å². The van der Waals surface area contributed by atoms with Crippen molar-refractivity contribution in [3.63, 3.8) is 0 Å². The van der Waals surface area contributed by atoms with Crippen molar-refractivity contribution in [3.05, 3.63) is 65.7 Å². The number of rotatable bonds is 8. The number of ether oxygens (including phenoxy) is 1. The second kappa shape index (κ2) is 16.6. The molecule has 4 atom stereocenters. The Labute approximate surface area is 265 Å². The first-order chi connectivity index (χ1) is 21.4. The number of nitrogens with one attached hydrogen (secondary N) is 3. The van der Waals surface area contributed by atoms with E-state index in [2.05, 4.69) is 16.0 Å². The minimum absolute atomic E-state index is 0.0120. The molecule has 1 fully saturated rings. The van der Waals surface area contributed by atoms with E-state index in [0.717, 1.165) is 11.1 Å². The van der Waals surface area contributed by atoms with Crippen LogP contribution in [-0.2, 0) is 36.8 Å². The zero-order valence-corrected chi connectivity index (χ0v) is 26.7. The Balaban J connectivity index is 1.89. The van der Waals surface area contributed by atoms with Gasteiger partial charge in [0.05, 0.1) is 19.7 Å². The maximum absolute atomic E-state index is 13.6. The number of methoxy groups -OCH3 is 1. The van der Waals surface area contributed by atoms with Crippen LogP contribution < -0.4 is 26.4 Å². The van der Waals surface area contributed by atoms with Crippen LogP contribution in [0.25, 0.3) is 0 Å². The van der Waals surface area contributed by atoms with Gasteiger partial charge in [-0.05, 0) is 48.9 Å². The molecule has 12 nitrogen and oxygen atoms in total. The smallest absolute Gasteiger partial charge is 0.245 e. The normalized spacial score (nSPS) is 21.3. The summed E-state index contributed by atoms with van der Waals surface area (Å²) in [6.45, 7) is 5.05. The number of hydrogen-bond donors (Lipinski definition) is 4. The highest BCUT2D eigenvalue weighted by Crippen LogP contribution is 2.14. The lowest BCUT2D eigenvalue weighted by Gasteiger charge is -2.31. The summed E-state index contributed by atoms with van der Waals surface area (Å²) in [4.78, 5) is 69.7. The van der Waals surface area contributed by atoms with Crippen LogP contribution in [0, 0.1) is 5.92 Å². The summed E-state index contributed by atoms with van der Waals surface area (Å²) in [6, 6.07) is 12.7. The Hall–Kier alpha value is -4.45. The van der Waals surface area contributed by atoms with Gasteiger partial charge >= 0.3 is 0 Å². The molecule has 1 saturated heterocycles. The van der Waals surface area contributed by atoms with Gasteiger partial charge in [-0.25, -0.2) is 0 Å². The number of carbonyl (C=O) groups is 5.